The van der Waals surface area contributed by atoms with E-state index in [9.17, 15) is 4.79 Å². The molecule has 1 aliphatic heterocycles. The van der Waals surface area contributed by atoms with E-state index in [2.05, 4.69) is 20.3 Å². The minimum atomic E-state index is -0.00855. The van der Waals surface area contributed by atoms with Crippen molar-refractivity contribution in [2.24, 2.45) is 0 Å². The predicted molar refractivity (Wildman–Crippen MR) is 88.0 cm³/mol. The van der Waals surface area contributed by atoms with E-state index in [0.717, 1.165) is 45.9 Å². The second kappa shape index (κ2) is 5.35. The quantitative estimate of drug-likeness (QED) is 0.764. The van der Waals surface area contributed by atoms with E-state index in [1.165, 1.54) is 0 Å². The molecule has 0 spiro atoms. The van der Waals surface area contributed by atoms with Gasteiger partial charge in [0.2, 0.25) is 0 Å². The first-order valence-corrected chi connectivity index (χ1v) is 7.60. The van der Waals surface area contributed by atoms with Gasteiger partial charge in [0, 0.05) is 53.6 Å². The molecule has 1 aliphatic rings. The molecule has 114 valence electrons. The second-order valence-electron chi connectivity index (χ2n) is 5.70. The number of aryl methyl sites for hydroxylation is 1. The molecule has 0 unspecified atom stereocenters. The van der Waals surface area contributed by atoms with E-state index in [1.807, 2.05) is 43.5 Å². The van der Waals surface area contributed by atoms with Gasteiger partial charge in [-0.25, -0.2) is 0 Å². The number of carbonyl (C=O) groups is 1. The third kappa shape index (κ3) is 2.50. The summed E-state index contributed by atoms with van der Waals surface area (Å²) in [6.45, 7) is 2.64. The first kappa shape index (κ1) is 13.7. The molecule has 4 heterocycles. The Morgan fingerprint density at radius 3 is 2.78 bits per heavy atom. The standard InChI is InChI=1S/C18H16N4O/c1-11-2-3-13(10-21-11)16-8-12(4-6-19-16)17-9-14-15(22-17)5-7-20-18(14)23/h2-4,6,8-10,22H,5,7H2,1H3,(H,20,23). The topological polar surface area (TPSA) is 70.7 Å². The Morgan fingerprint density at radius 2 is 2.00 bits per heavy atom. The number of H-pyrrole nitrogens is 1. The molecule has 5 heteroatoms. The number of fused-ring (bicyclic) bond motifs is 1. The van der Waals surface area contributed by atoms with Crippen LogP contribution in [0.1, 0.15) is 21.7 Å². The molecule has 5 nitrogen and oxygen atoms in total. The molecule has 23 heavy (non-hydrogen) atoms. The Balaban J connectivity index is 1.74. The fourth-order valence-corrected chi connectivity index (χ4v) is 2.82. The van der Waals surface area contributed by atoms with Crippen LogP contribution in [0, 0.1) is 6.92 Å². The number of rotatable bonds is 2. The average molecular weight is 304 g/mol. The highest BCUT2D eigenvalue weighted by molar-refractivity contribution is 5.97. The van der Waals surface area contributed by atoms with Crippen LogP contribution < -0.4 is 5.32 Å². The molecule has 0 atom stereocenters. The maximum absolute atomic E-state index is 11.9. The highest BCUT2D eigenvalue weighted by atomic mass is 16.1. The summed E-state index contributed by atoms with van der Waals surface area (Å²) in [4.78, 5) is 24.0. The van der Waals surface area contributed by atoms with Gasteiger partial charge in [0.15, 0.2) is 0 Å². The van der Waals surface area contributed by atoms with Crippen LogP contribution >= 0.6 is 0 Å². The van der Waals surface area contributed by atoms with Crippen molar-refractivity contribution in [3.8, 4) is 22.5 Å². The van der Waals surface area contributed by atoms with Gasteiger partial charge in [-0.1, -0.05) is 0 Å². The number of nitrogens with zero attached hydrogens (tertiary/aromatic N) is 2. The van der Waals surface area contributed by atoms with Gasteiger partial charge in [-0.15, -0.1) is 0 Å². The summed E-state index contributed by atoms with van der Waals surface area (Å²) in [5.74, 6) is -0.00855. The van der Waals surface area contributed by atoms with Crippen molar-refractivity contribution in [3.05, 3.63) is 59.7 Å². The monoisotopic (exact) mass is 304 g/mol. The van der Waals surface area contributed by atoms with E-state index >= 15 is 0 Å². The lowest BCUT2D eigenvalue weighted by Crippen LogP contribution is -2.31. The van der Waals surface area contributed by atoms with Crippen LogP contribution in [0.5, 0.6) is 0 Å². The Kier molecular flexibility index (Phi) is 3.19. The van der Waals surface area contributed by atoms with Gasteiger partial charge in [-0.05, 0) is 37.3 Å². The van der Waals surface area contributed by atoms with E-state index in [1.54, 1.807) is 6.20 Å². The van der Waals surface area contributed by atoms with Gasteiger partial charge >= 0.3 is 0 Å². The normalized spacial score (nSPS) is 13.5. The van der Waals surface area contributed by atoms with Crippen molar-refractivity contribution < 1.29 is 4.79 Å². The summed E-state index contributed by atoms with van der Waals surface area (Å²) in [5, 5.41) is 2.87. The van der Waals surface area contributed by atoms with Gasteiger partial charge in [0.05, 0.1) is 11.3 Å². The molecule has 0 saturated heterocycles. The maximum Gasteiger partial charge on any atom is 0.253 e. The van der Waals surface area contributed by atoms with Gasteiger partial charge < -0.3 is 10.3 Å². The van der Waals surface area contributed by atoms with Crippen LogP contribution in [0.4, 0.5) is 0 Å². The smallest absolute Gasteiger partial charge is 0.253 e. The number of carbonyl (C=O) groups excluding carboxylic acids is 1. The van der Waals surface area contributed by atoms with Crippen molar-refractivity contribution in [1.82, 2.24) is 20.3 Å². The second-order valence-corrected chi connectivity index (χ2v) is 5.70. The summed E-state index contributed by atoms with van der Waals surface area (Å²) in [5.41, 5.74) is 6.51. The molecule has 3 aromatic heterocycles. The highest BCUT2D eigenvalue weighted by Crippen LogP contribution is 2.26. The van der Waals surface area contributed by atoms with Crippen molar-refractivity contribution in [1.29, 1.82) is 0 Å². The van der Waals surface area contributed by atoms with Gasteiger partial charge in [0.25, 0.3) is 5.91 Å². The number of hydrogen-bond donors (Lipinski definition) is 2. The minimum Gasteiger partial charge on any atom is -0.358 e. The maximum atomic E-state index is 11.9. The largest absolute Gasteiger partial charge is 0.358 e. The number of pyridine rings is 2. The lowest BCUT2D eigenvalue weighted by atomic mass is 10.1. The SMILES string of the molecule is Cc1ccc(-c2cc(-c3cc4c([nH]3)CCNC4=O)ccn2)cn1. The van der Waals surface area contributed by atoms with Crippen LogP contribution in [0.25, 0.3) is 22.5 Å². The van der Waals surface area contributed by atoms with Crippen LogP contribution in [0.15, 0.2) is 42.7 Å². The molecule has 0 aromatic carbocycles. The molecule has 1 amide bonds. The summed E-state index contributed by atoms with van der Waals surface area (Å²) in [6, 6.07) is 9.86. The van der Waals surface area contributed by atoms with Gasteiger partial charge in [-0.3, -0.25) is 14.8 Å². The highest BCUT2D eigenvalue weighted by Gasteiger charge is 2.20. The van der Waals surface area contributed by atoms with E-state index in [4.69, 9.17) is 0 Å². The zero-order chi connectivity index (χ0) is 15.8. The molecule has 3 aromatic rings. The Hall–Kier alpha value is -2.95. The van der Waals surface area contributed by atoms with Crippen LogP contribution in [0.2, 0.25) is 0 Å². The Morgan fingerprint density at radius 1 is 1.09 bits per heavy atom. The first-order valence-electron chi connectivity index (χ1n) is 7.60. The van der Waals surface area contributed by atoms with Crippen molar-refractivity contribution in [3.63, 3.8) is 0 Å². The van der Waals surface area contributed by atoms with Crippen LogP contribution in [0.3, 0.4) is 0 Å². The van der Waals surface area contributed by atoms with Crippen molar-refractivity contribution in [2.75, 3.05) is 6.54 Å². The molecule has 0 aliphatic carbocycles. The molecule has 4 rings (SSSR count). The molecular formula is C18H16N4O. The summed E-state index contributed by atoms with van der Waals surface area (Å²) in [7, 11) is 0. The third-order valence-electron chi connectivity index (χ3n) is 4.08. The van der Waals surface area contributed by atoms with E-state index in [0.29, 0.717) is 6.54 Å². The molecule has 0 saturated carbocycles. The molecule has 0 bridgehead atoms. The van der Waals surface area contributed by atoms with E-state index in [-0.39, 0.29) is 5.91 Å². The predicted octanol–water partition coefficient (Wildman–Crippen LogP) is 2.73. The Labute approximate surface area is 133 Å². The fraction of sp³-hybridized carbons (Fsp3) is 0.167. The summed E-state index contributed by atoms with van der Waals surface area (Å²) < 4.78 is 0. The van der Waals surface area contributed by atoms with Crippen LogP contribution in [-0.4, -0.2) is 27.4 Å². The summed E-state index contributed by atoms with van der Waals surface area (Å²) in [6.07, 6.45) is 4.44. The van der Waals surface area contributed by atoms with E-state index < -0.39 is 0 Å². The van der Waals surface area contributed by atoms with Crippen LogP contribution in [-0.2, 0) is 6.42 Å². The molecule has 0 fully saturated rings. The fourth-order valence-electron chi connectivity index (χ4n) is 2.82. The lowest BCUT2D eigenvalue weighted by molar-refractivity contribution is 0.0946. The minimum absolute atomic E-state index is 0.00855. The number of hydrogen-bond acceptors (Lipinski definition) is 3. The molecule has 2 N–H and O–H groups in total. The van der Waals surface area contributed by atoms with Crippen molar-refractivity contribution >= 4 is 5.91 Å². The zero-order valence-electron chi connectivity index (χ0n) is 12.8. The number of aromatic nitrogens is 3. The van der Waals surface area contributed by atoms with Gasteiger partial charge in [0.1, 0.15) is 0 Å². The molecule has 0 radical (unpaired) electrons. The number of amides is 1. The lowest BCUT2D eigenvalue weighted by Gasteiger charge is -2.10. The summed E-state index contributed by atoms with van der Waals surface area (Å²) >= 11 is 0. The molecular weight excluding hydrogens is 288 g/mol. The Bertz CT molecular complexity index is 880. The first-order chi connectivity index (χ1) is 11.2. The van der Waals surface area contributed by atoms with Gasteiger partial charge in [-0.2, -0.15) is 0 Å². The number of nitrogens with one attached hydrogen (secondary N) is 2. The average Bonchev–Trinajstić information content (AvgIpc) is 3.01. The van der Waals surface area contributed by atoms with Crippen molar-refractivity contribution in [2.45, 2.75) is 13.3 Å². The number of aromatic amines is 1. The zero-order valence-corrected chi connectivity index (χ0v) is 12.8. The third-order valence-corrected chi connectivity index (χ3v) is 4.08.